The van der Waals surface area contributed by atoms with Gasteiger partial charge in [-0.05, 0) is 70.5 Å². The van der Waals surface area contributed by atoms with Crippen LogP contribution in [0.5, 0.6) is 0 Å². The highest BCUT2D eigenvalue weighted by molar-refractivity contribution is 7.15. The van der Waals surface area contributed by atoms with E-state index in [0.717, 1.165) is 66.6 Å². The normalized spacial score (nSPS) is 18.1. The van der Waals surface area contributed by atoms with E-state index in [1.807, 2.05) is 18.2 Å². The molecule has 0 radical (unpaired) electrons. The Kier molecular flexibility index (Phi) is 8.26. The fraction of sp³-hybridized carbons (Fsp3) is 0.481. The zero-order valence-corrected chi connectivity index (χ0v) is 23.3. The first-order valence-corrected chi connectivity index (χ1v) is 14.4. The molecule has 2 fully saturated rings. The maximum atomic E-state index is 12.1. The molecule has 0 aromatic carbocycles. The Hall–Kier alpha value is -3.32. The van der Waals surface area contributed by atoms with Crippen molar-refractivity contribution < 1.29 is 14.7 Å². The lowest BCUT2D eigenvalue weighted by atomic mass is 10.1. The van der Waals surface area contributed by atoms with Crippen molar-refractivity contribution >= 4 is 40.8 Å². The largest absolute Gasteiger partial charge is 0.373 e. The van der Waals surface area contributed by atoms with E-state index in [9.17, 15) is 14.7 Å². The summed E-state index contributed by atoms with van der Waals surface area (Å²) in [5.74, 6) is 0.316. The second kappa shape index (κ2) is 11.8. The minimum absolute atomic E-state index is 0.151. The van der Waals surface area contributed by atoms with Gasteiger partial charge in [-0.2, -0.15) is 9.61 Å². The summed E-state index contributed by atoms with van der Waals surface area (Å²) in [6, 6.07) is 5.88. The van der Waals surface area contributed by atoms with E-state index in [1.54, 1.807) is 16.8 Å². The molecule has 39 heavy (non-hydrogen) atoms. The van der Waals surface area contributed by atoms with Crippen LogP contribution in [0.2, 0.25) is 0 Å². The predicted molar refractivity (Wildman–Crippen MR) is 152 cm³/mol. The summed E-state index contributed by atoms with van der Waals surface area (Å²) >= 11 is 1.49. The van der Waals surface area contributed by atoms with Crippen LogP contribution in [0.3, 0.4) is 0 Å². The van der Waals surface area contributed by atoms with Crippen molar-refractivity contribution in [2.75, 3.05) is 25.0 Å². The molecule has 12 heteroatoms. The van der Waals surface area contributed by atoms with Crippen molar-refractivity contribution in [3.63, 3.8) is 0 Å². The molecule has 3 aromatic rings. The lowest BCUT2D eigenvalue weighted by Crippen LogP contribution is -2.31. The van der Waals surface area contributed by atoms with Gasteiger partial charge in [-0.1, -0.05) is 13.8 Å². The minimum atomic E-state index is -0.764. The van der Waals surface area contributed by atoms with Crippen molar-refractivity contribution in [2.24, 2.45) is 0 Å². The van der Waals surface area contributed by atoms with Crippen LogP contribution in [-0.2, 0) is 4.79 Å². The SMILES string of the molecule is CCN(CC)CCCC(C)NC(O)c1ccc(-c2cc(NC3CC3)n3ncc(/C=C4\NC(=O)NC4=O)c3n2)s1. The monoisotopic (exact) mass is 552 g/mol. The molecule has 11 nitrogen and oxygen atoms in total. The first-order chi connectivity index (χ1) is 18.8. The van der Waals surface area contributed by atoms with Crippen LogP contribution in [-0.4, -0.2) is 68.3 Å². The number of rotatable bonds is 13. The quantitative estimate of drug-likeness (QED) is 0.124. The van der Waals surface area contributed by atoms with E-state index < -0.39 is 18.2 Å². The number of thiophene rings is 1. The summed E-state index contributed by atoms with van der Waals surface area (Å²) in [7, 11) is 0. The summed E-state index contributed by atoms with van der Waals surface area (Å²) < 4.78 is 1.72. The van der Waals surface area contributed by atoms with Crippen molar-refractivity contribution in [3.05, 3.63) is 40.5 Å². The molecule has 1 saturated heterocycles. The third-order valence-corrected chi connectivity index (χ3v) is 8.21. The minimum Gasteiger partial charge on any atom is -0.373 e. The Labute approximate surface area is 231 Å². The molecule has 1 aliphatic carbocycles. The molecule has 3 amide bonds. The van der Waals surface area contributed by atoms with Gasteiger partial charge in [0.05, 0.1) is 16.8 Å². The van der Waals surface area contributed by atoms with E-state index in [1.165, 1.54) is 11.3 Å². The van der Waals surface area contributed by atoms with Crippen LogP contribution < -0.4 is 21.3 Å². The van der Waals surface area contributed by atoms with Crippen LogP contribution in [0.15, 0.2) is 30.1 Å². The maximum Gasteiger partial charge on any atom is 0.326 e. The van der Waals surface area contributed by atoms with Gasteiger partial charge in [0.1, 0.15) is 17.7 Å². The molecule has 2 aliphatic rings. The number of carbonyl (C=O) groups excluding carboxylic acids is 2. The number of aliphatic hydroxyl groups is 1. The highest BCUT2D eigenvalue weighted by atomic mass is 32.1. The molecule has 4 heterocycles. The van der Waals surface area contributed by atoms with Gasteiger partial charge in [0, 0.05) is 28.6 Å². The van der Waals surface area contributed by atoms with Gasteiger partial charge in [0.15, 0.2) is 5.65 Å². The number of urea groups is 1. The number of aliphatic hydroxyl groups excluding tert-OH is 1. The van der Waals surface area contributed by atoms with E-state index in [4.69, 9.17) is 4.98 Å². The van der Waals surface area contributed by atoms with Crippen LogP contribution >= 0.6 is 11.3 Å². The number of hydrogen-bond donors (Lipinski definition) is 5. The summed E-state index contributed by atoms with van der Waals surface area (Å²) in [4.78, 5) is 32.6. The Morgan fingerprint density at radius 1 is 1.26 bits per heavy atom. The number of nitrogens with zero attached hydrogens (tertiary/aromatic N) is 4. The zero-order chi connectivity index (χ0) is 27.5. The average Bonchev–Trinajstić information content (AvgIpc) is 3.29. The van der Waals surface area contributed by atoms with E-state index in [-0.39, 0.29) is 11.7 Å². The summed E-state index contributed by atoms with van der Waals surface area (Å²) in [5, 5.41) is 26.9. The van der Waals surface area contributed by atoms with Gasteiger partial charge >= 0.3 is 6.03 Å². The Balaban J connectivity index is 1.35. The molecule has 208 valence electrons. The zero-order valence-electron chi connectivity index (χ0n) is 22.5. The lowest BCUT2D eigenvalue weighted by Gasteiger charge is -2.21. The highest BCUT2D eigenvalue weighted by Gasteiger charge is 2.26. The fourth-order valence-electron chi connectivity index (χ4n) is 4.62. The third kappa shape index (κ3) is 6.47. The van der Waals surface area contributed by atoms with Crippen LogP contribution in [0.1, 0.15) is 63.1 Å². The van der Waals surface area contributed by atoms with Gasteiger partial charge < -0.3 is 20.6 Å². The van der Waals surface area contributed by atoms with Crippen molar-refractivity contribution in [3.8, 4) is 10.6 Å². The van der Waals surface area contributed by atoms with Crippen molar-refractivity contribution in [1.82, 2.24) is 35.4 Å². The van der Waals surface area contributed by atoms with E-state index in [0.29, 0.717) is 17.3 Å². The summed E-state index contributed by atoms with van der Waals surface area (Å²) in [6.45, 7) is 9.64. The molecule has 2 atom stereocenters. The second-order valence-electron chi connectivity index (χ2n) is 10.1. The molecule has 0 spiro atoms. The Morgan fingerprint density at radius 2 is 2.05 bits per heavy atom. The number of nitrogens with one attached hydrogen (secondary N) is 4. The number of amides is 3. The van der Waals surface area contributed by atoms with Crippen LogP contribution in [0.4, 0.5) is 10.6 Å². The Morgan fingerprint density at radius 3 is 2.74 bits per heavy atom. The highest BCUT2D eigenvalue weighted by Crippen LogP contribution is 2.34. The number of fused-ring (bicyclic) bond motifs is 1. The topological polar surface area (TPSA) is 136 Å². The molecule has 0 bridgehead atoms. The molecule has 1 aliphatic heterocycles. The van der Waals surface area contributed by atoms with Gasteiger partial charge in [-0.3, -0.25) is 15.4 Å². The average molecular weight is 553 g/mol. The van der Waals surface area contributed by atoms with Crippen LogP contribution in [0, 0.1) is 0 Å². The number of imide groups is 1. The number of anilines is 1. The smallest absolute Gasteiger partial charge is 0.326 e. The number of hydrogen-bond acceptors (Lipinski definition) is 9. The molecule has 5 rings (SSSR count). The van der Waals surface area contributed by atoms with Crippen molar-refractivity contribution in [1.29, 1.82) is 0 Å². The molecule has 1 saturated carbocycles. The van der Waals surface area contributed by atoms with Crippen LogP contribution in [0.25, 0.3) is 22.3 Å². The van der Waals surface area contributed by atoms with Gasteiger partial charge in [0.25, 0.3) is 5.91 Å². The summed E-state index contributed by atoms with van der Waals surface area (Å²) in [6.07, 6.45) is 6.70. The molecule has 3 aromatic heterocycles. The van der Waals surface area contributed by atoms with E-state index >= 15 is 0 Å². The first kappa shape index (κ1) is 27.3. The third-order valence-electron chi connectivity index (χ3n) is 7.05. The number of aromatic nitrogens is 3. The molecular formula is C27H36N8O3S. The Bertz CT molecular complexity index is 1370. The van der Waals surface area contributed by atoms with Gasteiger partial charge in [-0.15, -0.1) is 11.3 Å². The number of carbonyl (C=O) groups is 2. The molecular weight excluding hydrogens is 516 g/mol. The maximum absolute atomic E-state index is 12.1. The molecule has 2 unspecified atom stereocenters. The first-order valence-electron chi connectivity index (χ1n) is 13.6. The van der Waals surface area contributed by atoms with Gasteiger partial charge in [-0.25, -0.2) is 9.78 Å². The standard InChI is InChI=1S/C27H36N8O3S/c1-4-34(5-2)12-6-7-16(3)29-26(37)22-11-10-21(39-22)19-14-23(30-18-8-9-18)35-24(31-19)17(15-28-35)13-20-25(36)33-27(38)32-20/h10-11,13-16,18,26,29-30,37H,4-9,12H2,1-3H3,(H2,32,33,36,38)/b20-13-. The fourth-order valence-corrected chi connectivity index (χ4v) is 5.53. The van der Waals surface area contributed by atoms with E-state index in [2.05, 4.69) is 52.0 Å². The van der Waals surface area contributed by atoms with Gasteiger partial charge in [0.2, 0.25) is 0 Å². The second-order valence-corrected chi connectivity index (χ2v) is 11.2. The lowest BCUT2D eigenvalue weighted by molar-refractivity contribution is -0.115. The molecule has 5 N–H and O–H groups in total. The predicted octanol–water partition coefficient (Wildman–Crippen LogP) is 3.30. The summed E-state index contributed by atoms with van der Waals surface area (Å²) in [5.41, 5.74) is 2.06. The van der Waals surface area contributed by atoms with Crippen molar-refractivity contribution in [2.45, 2.75) is 64.8 Å².